The number of ketones is 1. The van der Waals surface area contributed by atoms with Crippen molar-refractivity contribution in [1.82, 2.24) is 10.2 Å². The molecule has 1 aliphatic heterocycles. The first kappa shape index (κ1) is 21.5. The first-order chi connectivity index (χ1) is 14.3. The highest BCUT2D eigenvalue weighted by Crippen LogP contribution is 2.35. The normalized spacial score (nSPS) is 17.2. The summed E-state index contributed by atoms with van der Waals surface area (Å²) in [7, 11) is 0. The van der Waals surface area contributed by atoms with Gasteiger partial charge in [-0.2, -0.15) is 0 Å². The quantitative estimate of drug-likeness (QED) is 0.381. The van der Waals surface area contributed by atoms with Gasteiger partial charge < -0.3 is 15.4 Å². The Kier molecular flexibility index (Phi) is 6.49. The maximum absolute atomic E-state index is 12.5. The molecule has 160 valence electrons. The fourth-order valence-corrected chi connectivity index (χ4v) is 3.81. The Balaban J connectivity index is 1.38. The lowest BCUT2D eigenvalue weighted by Crippen LogP contribution is -2.44. The molecular formula is C21H25N3O6. The zero-order valence-electron chi connectivity index (χ0n) is 16.9. The van der Waals surface area contributed by atoms with Crippen LogP contribution in [0.25, 0.3) is 0 Å². The van der Waals surface area contributed by atoms with Crippen LogP contribution in [-0.4, -0.2) is 53.2 Å². The van der Waals surface area contributed by atoms with E-state index in [0.29, 0.717) is 24.1 Å². The number of hydrogen-bond donors (Lipinski definition) is 2. The molecule has 1 heterocycles. The van der Waals surface area contributed by atoms with E-state index in [1.54, 1.807) is 18.2 Å². The predicted octanol–water partition coefficient (Wildman–Crippen LogP) is 2.02. The minimum atomic E-state index is -0.755. The zero-order valence-corrected chi connectivity index (χ0v) is 16.9. The molecule has 30 heavy (non-hydrogen) atoms. The molecule has 2 aliphatic rings. The number of imide groups is 1. The maximum atomic E-state index is 12.5. The van der Waals surface area contributed by atoms with Gasteiger partial charge in [0, 0.05) is 24.2 Å². The molecule has 4 amide bonds. The van der Waals surface area contributed by atoms with E-state index in [9.17, 15) is 24.0 Å². The van der Waals surface area contributed by atoms with E-state index >= 15 is 0 Å². The van der Waals surface area contributed by atoms with Gasteiger partial charge in [0.05, 0.1) is 0 Å². The van der Waals surface area contributed by atoms with Crippen molar-refractivity contribution in [2.45, 2.75) is 51.0 Å². The van der Waals surface area contributed by atoms with Crippen molar-refractivity contribution in [2.24, 2.45) is 0 Å². The summed E-state index contributed by atoms with van der Waals surface area (Å²) < 4.78 is 4.94. The third-order valence-electron chi connectivity index (χ3n) is 5.38. The molecule has 0 aromatic heterocycles. The van der Waals surface area contributed by atoms with Crippen LogP contribution in [0.15, 0.2) is 24.3 Å². The monoisotopic (exact) mass is 415 g/mol. The van der Waals surface area contributed by atoms with E-state index in [4.69, 9.17) is 4.74 Å². The molecule has 0 radical (unpaired) electrons. The third kappa shape index (κ3) is 4.84. The first-order valence-corrected chi connectivity index (χ1v) is 10.0. The summed E-state index contributed by atoms with van der Waals surface area (Å²) in [5.41, 5.74) is 0.142. The molecule has 1 saturated heterocycles. The Morgan fingerprint density at radius 3 is 2.63 bits per heavy atom. The van der Waals surface area contributed by atoms with Crippen molar-refractivity contribution in [1.29, 1.82) is 0 Å². The lowest BCUT2D eigenvalue weighted by atomic mass is 9.98. The summed E-state index contributed by atoms with van der Waals surface area (Å²) in [6, 6.07) is 6.03. The molecule has 1 saturated carbocycles. The average Bonchev–Trinajstić information content (AvgIpc) is 3.27. The van der Waals surface area contributed by atoms with Gasteiger partial charge in [-0.15, -0.1) is 0 Å². The second-order valence-corrected chi connectivity index (χ2v) is 7.63. The summed E-state index contributed by atoms with van der Waals surface area (Å²) in [6.07, 6.45) is 3.37. The summed E-state index contributed by atoms with van der Waals surface area (Å²) in [6.45, 7) is 1.09. The van der Waals surface area contributed by atoms with E-state index in [1.807, 2.05) is 0 Å². The lowest BCUT2D eigenvalue weighted by Gasteiger charge is -2.19. The van der Waals surface area contributed by atoms with Crippen LogP contribution in [0.3, 0.4) is 0 Å². The van der Waals surface area contributed by atoms with Crippen LogP contribution in [0.1, 0.15) is 55.8 Å². The minimum Gasteiger partial charge on any atom is -0.456 e. The summed E-state index contributed by atoms with van der Waals surface area (Å²) in [5, 5.41) is 5.35. The Morgan fingerprint density at radius 2 is 1.93 bits per heavy atom. The molecule has 9 heteroatoms. The summed E-state index contributed by atoms with van der Waals surface area (Å²) in [4.78, 5) is 60.9. The SMILES string of the molecule is CC(=O)c1cccc(NC(=O)COC(=O)CCCN2C(=O)NC3(CCCC3)C2=O)c1. The van der Waals surface area contributed by atoms with Crippen LogP contribution < -0.4 is 10.6 Å². The van der Waals surface area contributed by atoms with Crippen LogP contribution in [-0.2, 0) is 19.1 Å². The van der Waals surface area contributed by atoms with Gasteiger partial charge in [0.25, 0.3) is 11.8 Å². The maximum Gasteiger partial charge on any atom is 0.325 e. The van der Waals surface area contributed by atoms with Crippen LogP contribution in [0.4, 0.5) is 10.5 Å². The highest BCUT2D eigenvalue weighted by atomic mass is 16.5. The van der Waals surface area contributed by atoms with E-state index in [1.165, 1.54) is 13.0 Å². The highest BCUT2D eigenvalue weighted by Gasteiger charge is 2.52. The van der Waals surface area contributed by atoms with Crippen molar-refractivity contribution >= 4 is 35.3 Å². The van der Waals surface area contributed by atoms with Crippen molar-refractivity contribution in [3.63, 3.8) is 0 Å². The van der Waals surface area contributed by atoms with Gasteiger partial charge in [0.15, 0.2) is 12.4 Å². The summed E-state index contributed by atoms with van der Waals surface area (Å²) in [5.74, 6) is -1.46. The number of amides is 4. The molecule has 2 fully saturated rings. The smallest absolute Gasteiger partial charge is 0.325 e. The second kappa shape index (κ2) is 9.06. The topological polar surface area (TPSA) is 122 Å². The van der Waals surface area contributed by atoms with Crippen molar-refractivity contribution < 1.29 is 28.7 Å². The van der Waals surface area contributed by atoms with E-state index in [0.717, 1.165) is 17.7 Å². The number of nitrogens with one attached hydrogen (secondary N) is 2. The number of hydrogen-bond acceptors (Lipinski definition) is 6. The van der Waals surface area contributed by atoms with Gasteiger partial charge in [0.2, 0.25) is 0 Å². The first-order valence-electron chi connectivity index (χ1n) is 10.0. The zero-order chi connectivity index (χ0) is 21.7. The second-order valence-electron chi connectivity index (χ2n) is 7.63. The molecule has 1 aliphatic carbocycles. The lowest BCUT2D eigenvalue weighted by molar-refractivity contribution is -0.147. The standard InChI is InChI=1S/C21H25N3O6/c1-14(25)15-6-4-7-16(12-15)22-17(26)13-30-18(27)8-5-11-24-19(28)21(23-20(24)29)9-2-3-10-21/h4,6-7,12H,2-3,5,8-11,13H2,1H3,(H,22,26)(H,23,29). The molecule has 1 aromatic carbocycles. The Labute approximate surface area is 174 Å². The van der Waals surface area contributed by atoms with Gasteiger partial charge in [-0.05, 0) is 38.3 Å². The Hall–Kier alpha value is -3.23. The summed E-state index contributed by atoms with van der Waals surface area (Å²) >= 11 is 0. The number of Topliss-reactive ketones (excluding diaryl/α,β-unsaturated/α-hetero) is 1. The number of benzene rings is 1. The molecular weight excluding hydrogens is 390 g/mol. The third-order valence-corrected chi connectivity index (χ3v) is 5.38. The number of ether oxygens (including phenoxy) is 1. The number of rotatable bonds is 8. The molecule has 0 atom stereocenters. The molecule has 0 unspecified atom stereocenters. The Morgan fingerprint density at radius 1 is 1.20 bits per heavy atom. The van der Waals surface area contributed by atoms with E-state index in [-0.39, 0.29) is 31.1 Å². The molecule has 3 rings (SSSR count). The van der Waals surface area contributed by atoms with Crippen molar-refractivity contribution in [3.05, 3.63) is 29.8 Å². The fraction of sp³-hybridized carbons (Fsp3) is 0.476. The number of urea groups is 1. The predicted molar refractivity (Wildman–Crippen MR) is 107 cm³/mol. The number of carbonyl (C=O) groups excluding carboxylic acids is 5. The number of carbonyl (C=O) groups is 5. The van der Waals surface area contributed by atoms with Crippen molar-refractivity contribution in [3.8, 4) is 0 Å². The largest absolute Gasteiger partial charge is 0.456 e. The molecule has 9 nitrogen and oxygen atoms in total. The van der Waals surface area contributed by atoms with Gasteiger partial charge in [-0.25, -0.2) is 4.79 Å². The number of anilines is 1. The minimum absolute atomic E-state index is 0.0167. The fourth-order valence-electron chi connectivity index (χ4n) is 3.81. The van der Waals surface area contributed by atoms with Gasteiger partial charge in [-0.1, -0.05) is 25.0 Å². The van der Waals surface area contributed by atoms with Gasteiger partial charge in [-0.3, -0.25) is 24.1 Å². The van der Waals surface area contributed by atoms with Crippen LogP contribution in [0, 0.1) is 0 Å². The van der Waals surface area contributed by atoms with E-state index < -0.39 is 30.1 Å². The molecule has 0 bridgehead atoms. The van der Waals surface area contributed by atoms with Crippen molar-refractivity contribution in [2.75, 3.05) is 18.5 Å². The number of esters is 1. The van der Waals surface area contributed by atoms with Crippen LogP contribution in [0.5, 0.6) is 0 Å². The molecule has 2 N–H and O–H groups in total. The van der Waals surface area contributed by atoms with Gasteiger partial charge >= 0.3 is 12.0 Å². The van der Waals surface area contributed by atoms with E-state index in [2.05, 4.69) is 10.6 Å². The van der Waals surface area contributed by atoms with Crippen LogP contribution in [0.2, 0.25) is 0 Å². The van der Waals surface area contributed by atoms with Gasteiger partial charge in [0.1, 0.15) is 5.54 Å². The molecule has 1 spiro atoms. The van der Waals surface area contributed by atoms with Crippen LogP contribution >= 0.6 is 0 Å². The number of nitrogens with zero attached hydrogens (tertiary/aromatic N) is 1. The Bertz CT molecular complexity index is 875. The average molecular weight is 415 g/mol. The molecule has 1 aromatic rings. The highest BCUT2D eigenvalue weighted by molar-refractivity contribution is 6.07.